The summed E-state index contributed by atoms with van der Waals surface area (Å²) in [5.41, 5.74) is 1.51. The van der Waals surface area contributed by atoms with Crippen molar-refractivity contribution in [2.75, 3.05) is 23.3 Å². The number of amides is 1. The number of methoxy groups -OCH3 is 1. The Bertz CT molecular complexity index is 877. The number of sulfonamides is 1. The summed E-state index contributed by atoms with van der Waals surface area (Å²) in [4.78, 5) is 12.0. The van der Waals surface area contributed by atoms with Gasteiger partial charge >= 0.3 is 0 Å². The molecule has 0 spiro atoms. The number of para-hydroxylation sites is 2. The monoisotopic (exact) mass is 332 g/mol. The number of hydrogen-bond acceptors (Lipinski definition) is 4. The van der Waals surface area contributed by atoms with Crippen LogP contribution in [0, 0.1) is 6.92 Å². The molecule has 7 heteroatoms. The minimum Gasteiger partial charge on any atom is -0.497 e. The second-order valence-corrected chi connectivity index (χ2v) is 7.04. The zero-order chi connectivity index (χ0) is 16.6. The molecule has 0 unspecified atom stereocenters. The molecule has 3 rings (SSSR count). The lowest BCUT2D eigenvalue weighted by molar-refractivity contribution is -0.115. The van der Waals surface area contributed by atoms with Gasteiger partial charge in [0.1, 0.15) is 12.3 Å². The van der Waals surface area contributed by atoms with Crippen LogP contribution >= 0.6 is 0 Å². The molecule has 2 aromatic rings. The zero-order valence-electron chi connectivity index (χ0n) is 12.7. The molecule has 0 fully saturated rings. The number of nitrogens with one attached hydrogen (secondary N) is 1. The molecular formula is C16H16N2O4S. The molecule has 120 valence electrons. The number of ether oxygens (including phenoxy) is 1. The van der Waals surface area contributed by atoms with Gasteiger partial charge in [-0.25, -0.2) is 8.42 Å². The summed E-state index contributed by atoms with van der Waals surface area (Å²) >= 11 is 0. The van der Waals surface area contributed by atoms with Crippen LogP contribution in [-0.4, -0.2) is 28.0 Å². The van der Waals surface area contributed by atoms with Crippen molar-refractivity contribution in [3.8, 4) is 5.75 Å². The molecule has 6 nitrogen and oxygen atoms in total. The lowest BCUT2D eigenvalue weighted by atomic mass is 10.2. The molecule has 0 saturated heterocycles. The van der Waals surface area contributed by atoms with E-state index in [4.69, 9.17) is 4.74 Å². The van der Waals surface area contributed by atoms with Crippen LogP contribution in [0.15, 0.2) is 47.4 Å². The summed E-state index contributed by atoms with van der Waals surface area (Å²) in [6, 6.07) is 11.6. The maximum atomic E-state index is 13.0. The fourth-order valence-electron chi connectivity index (χ4n) is 2.57. The van der Waals surface area contributed by atoms with E-state index in [1.54, 1.807) is 43.3 Å². The zero-order valence-corrected chi connectivity index (χ0v) is 13.6. The lowest BCUT2D eigenvalue weighted by Crippen LogP contribution is -2.42. The van der Waals surface area contributed by atoms with E-state index in [0.717, 1.165) is 4.31 Å². The van der Waals surface area contributed by atoms with E-state index >= 15 is 0 Å². The number of carbonyl (C=O) groups excluding carboxylic acids is 1. The fourth-order valence-corrected chi connectivity index (χ4v) is 4.22. The Morgan fingerprint density at radius 1 is 1.17 bits per heavy atom. The van der Waals surface area contributed by atoms with Crippen LogP contribution in [0.2, 0.25) is 0 Å². The van der Waals surface area contributed by atoms with Crippen molar-refractivity contribution in [3.05, 3.63) is 48.0 Å². The smallest absolute Gasteiger partial charge is 0.265 e. The SMILES string of the molecule is COc1ccc(S(=O)(=O)N2CC(=O)Nc3ccccc32)c(C)c1. The van der Waals surface area contributed by atoms with Gasteiger partial charge in [-0.1, -0.05) is 12.1 Å². The largest absolute Gasteiger partial charge is 0.497 e. The lowest BCUT2D eigenvalue weighted by Gasteiger charge is -2.30. The number of hydrogen-bond donors (Lipinski definition) is 1. The third kappa shape index (κ3) is 2.63. The summed E-state index contributed by atoms with van der Waals surface area (Å²) in [6.45, 7) is 1.45. The predicted molar refractivity (Wildman–Crippen MR) is 87.3 cm³/mol. The molecule has 1 aliphatic rings. The first-order valence-corrected chi connectivity index (χ1v) is 8.44. The van der Waals surface area contributed by atoms with Crippen LogP contribution in [0.4, 0.5) is 11.4 Å². The summed E-state index contributed by atoms with van der Waals surface area (Å²) in [6.07, 6.45) is 0. The number of nitrogens with zero attached hydrogens (tertiary/aromatic N) is 1. The maximum absolute atomic E-state index is 13.0. The number of anilines is 2. The number of carbonyl (C=O) groups is 1. The van der Waals surface area contributed by atoms with Crippen molar-refractivity contribution in [2.45, 2.75) is 11.8 Å². The number of benzene rings is 2. The average Bonchev–Trinajstić information content (AvgIpc) is 2.53. The molecule has 2 aromatic carbocycles. The minimum absolute atomic E-state index is 0.155. The Labute approximate surface area is 134 Å². The van der Waals surface area contributed by atoms with Crippen molar-refractivity contribution >= 4 is 27.3 Å². The van der Waals surface area contributed by atoms with Gasteiger partial charge in [0.2, 0.25) is 5.91 Å². The maximum Gasteiger partial charge on any atom is 0.265 e. The van der Waals surface area contributed by atoms with Crippen LogP contribution in [0.5, 0.6) is 5.75 Å². The van der Waals surface area contributed by atoms with Crippen molar-refractivity contribution in [3.63, 3.8) is 0 Å². The summed E-state index contributed by atoms with van der Waals surface area (Å²) in [5, 5.41) is 2.68. The van der Waals surface area contributed by atoms with Gasteiger partial charge in [0.05, 0.1) is 23.4 Å². The van der Waals surface area contributed by atoms with Crippen molar-refractivity contribution in [1.29, 1.82) is 0 Å². The average molecular weight is 332 g/mol. The van der Waals surface area contributed by atoms with Gasteiger partial charge in [-0.05, 0) is 42.8 Å². The Morgan fingerprint density at radius 3 is 2.61 bits per heavy atom. The fraction of sp³-hybridized carbons (Fsp3) is 0.188. The number of aryl methyl sites for hydroxylation is 1. The highest BCUT2D eigenvalue weighted by atomic mass is 32.2. The van der Waals surface area contributed by atoms with Crippen LogP contribution < -0.4 is 14.4 Å². The van der Waals surface area contributed by atoms with Gasteiger partial charge in [-0.3, -0.25) is 9.10 Å². The molecule has 1 aliphatic heterocycles. The Balaban J connectivity index is 2.12. The Morgan fingerprint density at radius 2 is 1.91 bits per heavy atom. The van der Waals surface area contributed by atoms with Crippen LogP contribution in [-0.2, 0) is 14.8 Å². The van der Waals surface area contributed by atoms with Crippen LogP contribution in [0.3, 0.4) is 0 Å². The first kappa shape index (κ1) is 15.4. The first-order chi connectivity index (χ1) is 10.9. The van der Waals surface area contributed by atoms with Gasteiger partial charge in [0.15, 0.2) is 0 Å². The molecule has 0 saturated carbocycles. The highest BCUT2D eigenvalue weighted by molar-refractivity contribution is 7.93. The van der Waals surface area contributed by atoms with Gasteiger partial charge in [0, 0.05) is 0 Å². The quantitative estimate of drug-likeness (QED) is 0.934. The molecule has 1 amide bonds. The van der Waals surface area contributed by atoms with Gasteiger partial charge in [0.25, 0.3) is 10.0 Å². The van der Waals surface area contributed by atoms with E-state index in [9.17, 15) is 13.2 Å². The Hall–Kier alpha value is -2.54. The molecule has 1 heterocycles. The van der Waals surface area contributed by atoms with Crippen molar-refractivity contribution < 1.29 is 17.9 Å². The molecule has 0 aromatic heterocycles. The van der Waals surface area contributed by atoms with Crippen molar-refractivity contribution in [1.82, 2.24) is 0 Å². The molecule has 0 aliphatic carbocycles. The van der Waals surface area contributed by atoms with Gasteiger partial charge in [-0.2, -0.15) is 0 Å². The van der Waals surface area contributed by atoms with E-state index in [-0.39, 0.29) is 17.3 Å². The van der Waals surface area contributed by atoms with E-state index < -0.39 is 10.0 Å². The number of fused-ring (bicyclic) bond motifs is 1. The van der Waals surface area contributed by atoms with Gasteiger partial charge in [-0.15, -0.1) is 0 Å². The summed E-state index contributed by atoms with van der Waals surface area (Å²) in [7, 11) is -2.33. The van der Waals surface area contributed by atoms with Gasteiger partial charge < -0.3 is 10.1 Å². The van der Waals surface area contributed by atoms with E-state index in [1.165, 1.54) is 13.2 Å². The third-order valence-corrected chi connectivity index (χ3v) is 5.60. The molecule has 0 bridgehead atoms. The summed E-state index contributed by atoms with van der Waals surface area (Å²) < 4.78 is 32.3. The predicted octanol–water partition coefficient (Wildman–Crippen LogP) is 2.15. The molecule has 1 N–H and O–H groups in total. The van der Waals surface area contributed by atoms with Crippen LogP contribution in [0.1, 0.15) is 5.56 Å². The molecule has 0 atom stereocenters. The summed E-state index contributed by atoms with van der Waals surface area (Å²) in [5.74, 6) is 0.219. The molecular weight excluding hydrogens is 316 g/mol. The second kappa shape index (κ2) is 5.58. The number of rotatable bonds is 3. The highest BCUT2D eigenvalue weighted by Gasteiger charge is 2.33. The normalized spacial score (nSPS) is 14.2. The third-order valence-electron chi connectivity index (χ3n) is 3.68. The molecule has 0 radical (unpaired) electrons. The van der Waals surface area contributed by atoms with Crippen LogP contribution in [0.25, 0.3) is 0 Å². The van der Waals surface area contributed by atoms with E-state index in [2.05, 4.69) is 5.32 Å². The van der Waals surface area contributed by atoms with E-state index in [0.29, 0.717) is 22.7 Å². The minimum atomic E-state index is -3.85. The second-order valence-electron chi connectivity index (χ2n) is 5.21. The standard InChI is InChI=1S/C16H16N2O4S/c1-11-9-12(22-2)7-8-15(11)23(20,21)18-10-16(19)17-13-5-3-4-6-14(13)18/h3-9H,10H2,1-2H3,(H,17,19). The Kier molecular flexibility index (Phi) is 3.73. The topological polar surface area (TPSA) is 75.7 Å². The molecule has 23 heavy (non-hydrogen) atoms. The first-order valence-electron chi connectivity index (χ1n) is 7.00. The van der Waals surface area contributed by atoms with E-state index in [1.807, 2.05) is 0 Å². The highest BCUT2D eigenvalue weighted by Crippen LogP contribution is 2.34. The van der Waals surface area contributed by atoms with Crippen molar-refractivity contribution in [2.24, 2.45) is 0 Å².